The number of anilines is 1. The third-order valence-corrected chi connectivity index (χ3v) is 7.24. The first-order valence-corrected chi connectivity index (χ1v) is 14.6. The number of carbonyl (C=O) groups excluding carboxylic acids is 2. The van der Waals surface area contributed by atoms with Crippen LogP contribution in [-0.2, 0) is 22.1 Å². The first-order chi connectivity index (χ1) is 19.7. The molecule has 0 aliphatic heterocycles. The second-order valence-electron chi connectivity index (χ2n) is 11.6. The van der Waals surface area contributed by atoms with E-state index in [-0.39, 0.29) is 29.4 Å². The highest BCUT2D eigenvalue weighted by Crippen LogP contribution is 2.39. The molecule has 1 atom stereocenters. The van der Waals surface area contributed by atoms with Gasteiger partial charge in [-0.2, -0.15) is 13.2 Å². The summed E-state index contributed by atoms with van der Waals surface area (Å²) in [6, 6.07) is 7.08. The molecule has 0 bridgehead atoms. The second-order valence-corrected chi connectivity index (χ2v) is 13.8. The van der Waals surface area contributed by atoms with Crippen LogP contribution in [0.3, 0.4) is 0 Å². The quantitative estimate of drug-likeness (QED) is 0.251. The van der Waals surface area contributed by atoms with Crippen LogP contribution in [0.4, 0.5) is 36.7 Å². The van der Waals surface area contributed by atoms with Gasteiger partial charge in [0.05, 0.1) is 21.9 Å². The van der Waals surface area contributed by atoms with Gasteiger partial charge in [0.1, 0.15) is 16.9 Å². The summed E-state index contributed by atoms with van der Waals surface area (Å²) < 4.78 is 79.2. The molecule has 3 rings (SSSR count). The Morgan fingerprint density at radius 1 is 0.977 bits per heavy atom. The lowest BCUT2D eigenvalue weighted by Crippen LogP contribution is -2.49. The zero-order chi connectivity index (χ0) is 32.3. The van der Waals surface area contributed by atoms with Crippen LogP contribution < -0.4 is 10.2 Å². The summed E-state index contributed by atoms with van der Waals surface area (Å²) >= 11 is 4.25. The van der Waals surface area contributed by atoms with Crippen LogP contribution in [0.5, 0.6) is 0 Å². The molecule has 0 aliphatic carbocycles. The van der Waals surface area contributed by atoms with E-state index in [1.165, 1.54) is 24.3 Å². The van der Waals surface area contributed by atoms with Crippen molar-refractivity contribution in [2.24, 2.45) is 0 Å². The van der Waals surface area contributed by atoms with Gasteiger partial charge in [0.2, 0.25) is 0 Å². The monoisotopic (exact) mass is 691 g/mol. The molecule has 1 heterocycles. The molecule has 43 heavy (non-hydrogen) atoms. The average Bonchev–Trinajstić information content (AvgIpc) is 3.22. The molecule has 0 aliphatic rings. The van der Waals surface area contributed by atoms with E-state index in [0.717, 1.165) is 34.4 Å². The molecule has 2 aromatic carbocycles. The molecule has 0 saturated heterocycles. The van der Waals surface area contributed by atoms with Gasteiger partial charge in [-0.15, -0.1) is 0 Å². The normalized spacial score (nSPS) is 12.9. The topological polar surface area (TPSA) is 80.8 Å². The molecule has 1 N–H and O–H groups in total. The molecule has 3 aromatic rings. The van der Waals surface area contributed by atoms with Gasteiger partial charge in [-0.3, -0.25) is 4.90 Å². The highest BCUT2D eigenvalue weighted by Gasteiger charge is 2.32. The van der Waals surface area contributed by atoms with Crippen LogP contribution in [0.1, 0.15) is 52.7 Å². The standard InChI is InChI=1S/C29H31BrF5N3O4S/c1-27(2,3)41-25(39)36-18(14-16-10-12-17(13-11-16)29(33,34)35)15-38(26(40)42-28(4,5)6)24-37-22(23(30)43-24)19-8-7-9-20(31)21(19)32/h7-13,18H,14-15H2,1-6H3,(H,36,39)/t18-/m0/s1. The lowest BCUT2D eigenvalue weighted by Gasteiger charge is -2.30. The van der Waals surface area contributed by atoms with Gasteiger partial charge in [-0.05, 0) is 93.7 Å². The number of hydrogen-bond donors (Lipinski definition) is 1. The lowest BCUT2D eigenvalue weighted by atomic mass is 10.0. The Labute approximate surface area is 258 Å². The summed E-state index contributed by atoms with van der Waals surface area (Å²) in [6.45, 7) is 9.65. The van der Waals surface area contributed by atoms with Crippen molar-refractivity contribution in [1.82, 2.24) is 10.3 Å². The molecule has 14 heteroatoms. The maximum atomic E-state index is 14.6. The van der Waals surface area contributed by atoms with Crippen LogP contribution in [0.15, 0.2) is 46.3 Å². The number of benzene rings is 2. The maximum absolute atomic E-state index is 14.6. The smallest absolute Gasteiger partial charge is 0.416 e. The fourth-order valence-electron chi connectivity index (χ4n) is 3.78. The largest absolute Gasteiger partial charge is 0.444 e. The summed E-state index contributed by atoms with van der Waals surface area (Å²) in [6.07, 6.45) is -6.22. The number of nitrogens with zero attached hydrogens (tertiary/aromatic N) is 2. The zero-order valence-corrected chi connectivity index (χ0v) is 26.6. The Kier molecular flexibility index (Phi) is 10.5. The number of carbonyl (C=O) groups is 2. The van der Waals surface area contributed by atoms with E-state index in [1.807, 2.05) is 0 Å². The van der Waals surface area contributed by atoms with Crippen molar-refractivity contribution in [3.63, 3.8) is 0 Å². The number of amides is 2. The highest BCUT2D eigenvalue weighted by atomic mass is 79.9. The van der Waals surface area contributed by atoms with Crippen molar-refractivity contribution in [3.8, 4) is 11.3 Å². The lowest BCUT2D eigenvalue weighted by molar-refractivity contribution is -0.137. The number of alkyl carbamates (subject to hydrolysis) is 1. The summed E-state index contributed by atoms with van der Waals surface area (Å²) in [4.78, 5) is 31.7. The molecule has 7 nitrogen and oxygen atoms in total. The predicted molar refractivity (Wildman–Crippen MR) is 157 cm³/mol. The van der Waals surface area contributed by atoms with E-state index >= 15 is 0 Å². The average molecular weight is 693 g/mol. The van der Waals surface area contributed by atoms with Gasteiger partial charge >= 0.3 is 18.4 Å². The molecule has 0 unspecified atom stereocenters. The van der Waals surface area contributed by atoms with E-state index in [0.29, 0.717) is 9.35 Å². The number of thiazole rings is 1. The molecule has 1 aromatic heterocycles. The molecule has 0 saturated carbocycles. The van der Waals surface area contributed by atoms with Crippen LogP contribution in [-0.4, -0.2) is 41.0 Å². The Hall–Kier alpha value is -3.26. The molecular weight excluding hydrogens is 661 g/mol. The second kappa shape index (κ2) is 13.2. The summed E-state index contributed by atoms with van der Waals surface area (Å²) in [5.41, 5.74) is -2.33. The molecular formula is C29H31BrF5N3O4S. The zero-order valence-electron chi connectivity index (χ0n) is 24.2. The third kappa shape index (κ3) is 9.88. The van der Waals surface area contributed by atoms with E-state index < -0.39 is 52.8 Å². The minimum absolute atomic E-state index is 0.00535. The van der Waals surface area contributed by atoms with Crippen LogP contribution in [0.2, 0.25) is 0 Å². The number of halogens is 6. The van der Waals surface area contributed by atoms with E-state index in [9.17, 15) is 31.5 Å². The van der Waals surface area contributed by atoms with Crippen molar-refractivity contribution >= 4 is 44.6 Å². The van der Waals surface area contributed by atoms with Crippen LogP contribution in [0.25, 0.3) is 11.3 Å². The summed E-state index contributed by atoms with van der Waals surface area (Å²) in [5.74, 6) is -2.21. The molecule has 2 amide bonds. The number of nitrogens with one attached hydrogen (secondary N) is 1. The van der Waals surface area contributed by atoms with Crippen LogP contribution in [0, 0.1) is 11.6 Å². The molecule has 234 valence electrons. The maximum Gasteiger partial charge on any atom is 0.416 e. The fourth-order valence-corrected chi connectivity index (χ4v) is 5.32. The number of rotatable bonds is 7. The van der Waals surface area contributed by atoms with Gasteiger partial charge in [0.15, 0.2) is 16.8 Å². The van der Waals surface area contributed by atoms with Gasteiger partial charge < -0.3 is 14.8 Å². The van der Waals surface area contributed by atoms with E-state index in [4.69, 9.17) is 9.47 Å². The third-order valence-electron chi connectivity index (χ3n) is 5.51. The molecule has 0 fully saturated rings. The Bertz CT molecular complexity index is 1450. The number of aromatic nitrogens is 1. The Morgan fingerprint density at radius 2 is 1.58 bits per heavy atom. The van der Waals surface area contributed by atoms with Crippen molar-refractivity contribution < 1.29 is 41.0 Å². The Balaban J connectivity index is 2.03. The predicted octanol–water partition coefficient (Wildman–Crippen LogP) is 8.75. The molecule has 0 spiro atoms. The molecule has 0 radical (unpaired) electrons. The van der Waals surface area contributed by atoms with Crippen LogP contribution >= 0.6 is 27.3 Å². The minimum atomic E-state index is -4.53. The van der Waals surface area contributed by atoms with Gasteiger partial charge in [-0.1, -0.05) is 29.5 Å². The Morgan fingerprint density at radius 3 is 2.14 bits per heavy atom. The SMILES string of the molecule is CC(C)(C)OC(=O)N[C@@H](Cc1ccc(C(F)(F)F)cc1)CN(C(=O)OC(C)(C)C)c1nc(-c2cccc(F)c2F)c(Br)s1. The summed E-state index contributed by atoms with van der Waals surface area (Å²) in [5, 5.41) is 2.71. The van der Waals surface area contributed by atoms with Crippen molar-refractivity contribution in [3.05, 3.63) is 69.0 Å². The fraction of sp³-hybridized carbons (Fsp3) is 0.414. The van der Waals surface area contributed by atoms with E-state index in [2.05, 4.69) is 26.2 Å². The van der Waals surface area contributed by atoms with Gasteiger partial charge in [0.25, 0.3) is 0 Å². The number of alkyl halides is 3. The van der Waals surface area contributed by atoms with Crippen molar-refractivity contribution in [2.75, 3.05) is 11.4 Å². The first-order valence-electron chi connectivity index (χ1n) is 13.0. The first kappa shape index (κ1) is 34.2. The highest BCUT2D eigenvalue weighted by molar-refractivity contribution is 9.11. The minimum Gasteiger partial charge on any atom is -0.444 e. The number of ether oxygens (including phenoxy) is 2. The van der Waals surface area contributed by atoms with Gasteiger partial charge in [0, 0.05) is 5.56 Å². The van der Waals surface area contributed by atoms with Crippen molar-refractivity contribution in [1.29, 1.82) is 0 Å². The number of hydrogen-bond acceptors (Lipinski definition) is 6. The van der Waals surface area contributed by atoms with E-state index in [1.54, 1.807) is 41.5 Å². The van der Waals surface area contributed by atoms with Crippen molar-refractivity contribution in [2.45, 2.75) is 71.4 Å². The summed E-state index contributed by atoms with van der Waals surface area (Å²) in [7, 11) is 0. The van der Waals surface area contributed by atoms with Gasteiger partial charge in [-0.25, -0.2) is 23.4 Å².